The molecule has 15 heavy (non-hydrogen) atoms. The molecule has 82 valence electrons. The maximum atomic E-state index is 10.8. The molecule has 0 saturated heterocycles. The van der Waals surface area contributed by atoms with Crippen LogP contribution in [0.15, 0.2) is 24.3 Å². The number of nitrogens with zero attached hydrogens (tertiary/aromatic N) is 1. The molecule has 0 heterocycles. The highest BCUT2D eigenvalue weighted by Crippen LogP contribution is 2.19. The summed E-state index contributed by atoms with van der Waals surface area (Å²) in [7, 11) is 1.86. The second-order valence-corrected chi connectivity index (χ2v) is 3.73. The molecule has 1 aromatic rings. The van der Waals surface area contributed by atoms with Gasteiger partial charge >= 0.3 is 0 Å². The van der Waals surface area contributed by atoms with Crippen molar-refractivity contribution in [2.24, 2.45) is 5.73 Å². The molecule has 4 N–H and O–H groups in total. The number of likely N-dealkylation sites (N-methyl/N-ethyl adjacent to an activating group) is 1. The first-order valence-corrected chi connectivity index (χ1v) is 4.84. The van der Waals surface area contributed by atoms with E-state index in [1.54, 1.807) is 0 Å². The first-order valence-electron chi connectivity index (χ1n) is 4.84. The number of primary amides is 1. The smallest absolute Gasteiger partial charge is 0.231 e. The second-order valence-electron chi connectivity index (χ2n) is 3.73. The van der Waals surface area contributed by atoms with Crippen molar-refractivity contribution < 1.29 is 4.79 Å². The van der Waals surface area contributed by atoms with Crippen LogP contribution in [-0.2, 0) is 4.79 Å². The van der Waals surface area contributed by atoms with Gasteiger partial charge < -0.3 is 11.5 Å². The van der Waals surface area contributed by atoms with Gasteiger partial charge in [0.15, 0.2) is 0 Å². The van der Waals surface area contributed by atoms with Crippen LogP contribution < -0.4 is 11.5 Å². The number of hydrogen-bond donors (Lipinski definition) is 2. The Morgan fingerprint density at radius 3 is 2.73 bits per heavy atom. The van der Waals surface area contributed by atoms with Gasteiger partial charge in [0.25, 0.3) is 0 Å². The second kappa shape index (κ2) is 4.79. The average Bonchev–Trinajstić information content (AvgIpc) is 2.15. The molecule has 1 amide bonds. The van der Waals surface area contributed by atoms with E-state index < -0.39 is 0 Å². The SMILES string of the molecule is CC(c1cccc(N)c1)N(C)CC(N)=O. The number of carbonyl (C=O) groups excluding carboxylic acids is 1. The van der Waals surface area contributed by atoms with E-state index in [1.807, 2.05) is 43.1 Å². The Labute approximate surface area is 89.9 Å². The molecular formula is C11H17N3O. The van der Waals surface area contributed by atoms with Crippen LogP contribution in [0.4, 0.5) is 5.69 Å². The lowest BCUT2D eigenvalue weighted by Crippen LogP contribution is -2.32. The van der Waals surface area contributed by atoms with E-state index in [-0.39, 0.29) is 18.5 Å². The number of nitrogen functional groups attached to an aromatic ring is 1. The molecule has 0 spiro atoms. The molecule has 0 aliphatic rings. The standard InChI is InChI=1S/C11H17N3O/c1-8(14(2)7-11(13)15)9-4-3-5-10(12)6-9/h3-6,8H,7,12H2,1-2H3,(H2,13,15). The van der Waals surface area contributed by atoms with Crippen LogP contribution in [0.2, 0.25) is 0 Å². The Bertz CT molecular complexity index is 351. The summed E-state index contributed by atoms with van der Waals surface area (Å²) in [6.45, 7) is 2.26. The Kier molecular flexibility index (Phi) is 3.68. The zero-order chi connectivity index (χ0) is 11.4. The number of rotatable bonds is 4. The van der Waals surface area contributed by atoms with E-state index in [4.69, 9.17) is 11.5 Å². The maximum Gasteiger partial charge on any atom is 0.231 e. The molecule has 0 saturated carbocycles. The summed E-state index contributed by atoms with van der Waals surface area (Å²) < 4.78 is 0. The number of amides is 1. The van der Waals surface area contributed by atoms with Crippen molar-refractivity contribution in [1.29, 1.82) is 0 Å². The predicted molar refractivity (Wildman–Crippen MR) is 61.1 cm³/mol. The lowest BCUT2D eigenvalue weighted by molar-refractivity contribution is -0.119. The zero-order valence-electron chi connectivity index (χ0n) is 9.10. The van der Waals surface area contributed by atoms with Gasteiger partial charge in [-0.1, -0.05) is 12.1 Å². The minimum Gasteiger partial charge on any atom is -0.399 e. The van der Waals surface area contributed by atoms with Crippen molar-refractivity contribution in [3.63, 3.8) is 0 Å². The monoisotopic (exact) mass is 207 g/mol. The molecule has 0 aliphatic carbocycles. The highest BCUT2D eigenvalue weighted by Gasteiger charge is 2.13. The summed E-state index contributed by atoms with van der Waals surface area (Å²) >= 11 is 0. The number of hydrogen-bond acceptors (Lipinski definition) is 3. The average molecular weight is 207 g/mol. The number of benzene rings is 1. The summed E-state index contributed by atoms with van der Waals surface area (Å²) in [5.74, 6) is -0.326. The summed E-state index contributed by atoms with van der Waals surface area (Å²) in [4.78, 5) is 12.7. The third-order valence-electron chi connectivity index (χ3n) is 2.46. The van der Waals surface area contributed by atoms with Crippen molar-refractivity contribution in [3.8, 4) is 0 Å². The van der Waals surface area contributed by atoms with Crippen molar-refractivity contribution in [1.82, 2.24) is 4.90 Å². The van der Waals surface area contributed by atoms with Crippen LogP contribution >= 0.6 is 0 Å². The molecule has 0 aliphatic heterocycles. The summed E-state index contributed by atoms with van der Waals surface area (Å²) in [5.41, 5.74) is 12.6. The van der Waals surface area contributed by atoms with Gasteiger partial charge in [-0.3, -0.25) is 9.69 Å². The van der Waals surface area contributed by atoms with Gasteiger partial charge in [0, 0.05) is 11.7 Å². The van der Waals surface area contributed by atoms with Gasteiger partial charge in [-0.25, -0.2) is 0 Å². The van der Waals surface area contributed by atoms with E-state index in [0.29, 0.717) is 0 Å². The van der Waals surface area contributed by atoms with Crippen molar-refractivity contribution >= 4 is 11.6 Å². The van der Waals surface area contributed by atoms with Crippen molar-refractivity contribution in [2.45, 2.75) is 13.0 Å². The zero-order valence-corrected chi connectivity index (χ0v) is 9.10. The fraction of sp³-hybridized carbons (Fsp3) is 0.364. The Morgan fingerprint density at radius 2 is 2.20 bits per heavy atom. The number of carbonyl (C=O) groups is 1. The van der Waals surface area contributed by atoms with Gasteiger partial charge in [0.05, 0.1) is 6.54 Å². The highest BCUT2D eigenvalue weighted by atomic mass is 16.1. The normalized spacial score (nSPS) is 12.7. The topological polar surface area (TPSA) is 72.3 Å². The van der Waals surface area contributed by atoms with Crippen LogP contribution in [0, 0.1) is 0 Å². The molecule has 0 radical (unpaired) electrons. The van der Waals surface area contributed by atoms with Gasteiger partial charge in [-0.15, -0.1) is 0 Å². The first-order chi connectivity index (χ1) is 7.00. The molecule has 4 nitrogen and oxygen atoms in total. The molecule has 0 fully saturated rings. The van der Waals surface area contributed by atoms with E-state index in [1.165, 1.54) is 0 Å². The van der Waals surface area contributed by atoms with Gasteiger partial charge in [0.2, 0.25) is 5.91 Å². The van der Waals surface area contributed by atoms with Gasteiger partial charge in [-0.2, -0.15) is 0 Å². The van der Waals surface area contributed by atoms with Crippen LogP contribution in [0.1, 0.15) is 18.5 Å². The minimum atomic E-state index is -0.326. The summed E-state index contributed by atoms with van der Waals surface area (Å²) in [5, 5.41) is 0. The molecule has 0 bridgehead atoms. The van der Waals surface area contributed by atoms with Crippen LogP contribution in [0.25, 0.3) is 0 Å². The summed E-state index contributed by atoms with van der Waals surface area (Å²) in [6.07, 6.45) is 0. The van der Waals surface area contributed by atoms with E-state index in [9.17, 15) is 4.79 Å². The van der Waals surface area contributed by atoms with Gasteiger partial charge in [0.1, 0.15) is 0 Å². The largest absolute Gasteiger partial charge is 0.399 e. The molecule has 1 unspecified atom stereocenters. The fourth-order valence-electron chi connectivity index (χ4n) is 1.46. The number of nitrogens with two attached hydrogens (primary N) is 2. The van der Waals surface area contributed by atoms with Crippen molar-refractivity contribution in [3.05, 3.63) is 29.8 Å². The van der Waals surface area contributed by atoms with Gasteiger partial charge in [-0.05, 0) is 31.7 Å². The third kappa shape index (κ3) is 3.25. The lowest BCUT2D eigenvalue weighted by atomic mass is 10.1. The molecule has 1 aromatic carbocycles. The quantitative estimate of drug-likeness (QED) is 0.715. The van der Waals surface area contributed by atoms with Crippen LogP contribution in [-0.4, -0.2) is 24.4 Å². The van der Waals surface area contributed by atoms with E-state index in [0.717, 1.165) is 11.3 Å². The highest BCUT2D eigenvalue weighted by molar-refractivity contribution is 5.75. The van der Waals surface area contributed by atoms with Crippen LogP contribution in [0.3, 0.4) is 0 Å². The molecule has 1 rings (SSSR count). The molecule has 0 aromatic heterocycles. The maximum absolute atomic E-state index is 10.8. The molecular weight excluding hydrogens is 190 g/mol. The molecule has 1 atom stereocenters. The lowest BCUT2D eigenvalue weighted by Gasteiger charge is -2.23. The first kappa shape index (κ1) is 11.5. The predicted octanol–water partition coefficient (Wildman–Crippen LogP) is 0.747. The minimum absolute atomic E-state index is 0.126. The Morgan fingerprint density at radius 1 is 1.53 bits per heavy atom. The number of anilines is 1. The summed E-state index contributed by atoms with van der Waals surface area (Å²) in [6, 6.07) is 7.76. The molecule has 4 heteroatoms. The van der Waals surface area contributed by atoms with Crippen molar-refractivity contribution in [2.75, 3.05) is 19.3 Å². The Hall–Kier alpha value is -1.55. The third-order valence-corrected chi connectivity index (χ3v) is 2.46. The van der Waals surface area contributed by atoms with E-state index >= 15 is 0 Å². The van der Waals surface area contributed by atoms with E-state index in [2.05, 4.69) is 0 Å². The van der Waals surface area contributed by atoms with Crippen LogP contribution in [0.5, 0.6) is 0 Å². The Balaban J connectivity index is 2.75. The fourth-order valence-corrected chi connectivity index (χ4v) is 1.46.